The van der Waals surface area contributed by atoms with E-state index >= 15 is 0 Å². The molecule has 0 saturated carbocycles. The molecule has 0 aliphatic heterocycles. The van der Waals surface area contributed by atoms with E-state index in [9.17, 15) is 4.79 Å². The molecule has 0 aliphatic carbocycles. The van der Waals surface area contributed by atoms with E-state index in [-0.39, 0.29) is 11.6 Å². The molecular weight excluding hydrogens is 292 g/mol. The number of pyridine rings is 1. The fourth-order valence-corrected chi connectivity index (χ4v) is 1.90. The van der Waals surface area contributed by atoms with Gasteiger partial charge in [-0.05, 0) is 17.7 Å². The lowest BCUT2D eigenvalue weighted by Crippen LogP contribution is -2.14. The van der Waals surface area contributed by atoms with Crippen LogP contribution in [0.2, 0.25) is 0 Å². The molecule has 114 valence electrons. The minimum Gasteiger partial charge on any atom is -0.473 e. The first-order chi connectivity index (χ1) is 11.3. The number of benzene rings is 1. The molecule has 0 spiro atoms. The van der Waals surface area contributed by atoms with Gasteiger partial charge in [0.25, 0.3) is 5.91 Å². The number of ether oxygens (including phenoxy) is 1. The Morgan fingerprint density at radius 1 is 1.04 bits per heavy atom. The van der Waals surface area contributed by atoms with Crippen LogP contribution in [0.5, 0.6) is 5.88 Å². The van der Waals surface area contributed by atoms with Crippen LogP contribution in [0.1, 0.15) is 16.1 Å². The Morgan fingerprint density at radius 3 is 2.61 bits per heavy atom. The van der Waals surface area contributed by atoms with E-state index in [0.717, 1.165) is 5.56 Å². The van der Waals surface area contributed by atoms with Crippen LogP contribution in [0.4, 0.5) is 5.69 Å². The normalized spacial score (nSPS) is 10.1. The van der Waals surface area contributed by atoms with Gasteiger partial charge in [-0.15, -0.1) is 0 Å². The lowest BCUT2D eigenvalue weighted by atomic mass is 10.2. The van der Waals surface area contributed by atoms with Crippen LogP contribution in [0.3, 0.4) is 0 Å². The molecular formula is C17H14N4O2. The second-order valence-corrected chi connectivity index (χ2v) is 4.71. The second kappa shape index (κ2) is 7.13. The number of nitrogens with one attached hydrogen (secondary N) is 1. The SMILES string of the molecule is O=C(Nc1ccncc1)c1cc(OCc2ccccc2)ncn1. The van der Waals surface area contributed by atoms with Crippen molar-refractivity contribution in [3.8, 4) is 5.88 Å². The van der Waals surface area contributed by atoms with Crippen LogP contribution in [0.25, 0.3) is 0 Å². The van der Waals surface area contributed by atoms with Gasteiger partial charge in [-0.2, -0.15) is 0 Å². The predicted molar refractivity (Wildman–Crippen MR) is 85.0 cm³/mol. The van der Waals surface area contributed by atoms with E-state index < -0.39 is 0 Å². The van der Waals surface area contributed by atoms with Crippen molar-refractivity contribution in [2.24, 2.45) is 0 Å². The molecule has 0 radical (unpaired) electrons. The van der Waals surface area contributed by atoms with Crippen LogP contribution in [-0.2, 0) is 6.61 Å². The first-order valence-corrected chi connectivity index (χ1v) is 7.01. The maximum Gasteiger partial charge on any atom is 0.274 e. The van der Waals surface area contributed by atoms with Gasteiger partial charge in [0.05, 0.1) is 0 Å². The number of anilines is 1. The Balaban J connectivity index is 1.66. The van der Waals surface area contributed by atoms with Crippen molar-refractivity contribution in [1.29, 1.82) is 0 Å². The zero-order valence-electron chi connectivity index (χ0n) is 12.2. The van der Waals surface area contributed by atoms with Gasteiger partial charge in [0.2, 0.25) is 5.88 Å². The van der Waals surface area contributed by atoms with Crippen molar-refractivity contribution in [2.75, 3.05) is 5.32 Å². The van der Waals surface area contributed by atoms with E-state index in [4.69, 9.17) is 4.74 Å². The molecule has 6 nitrogen and oxygen atoms in total. The van der Waals surface area contributed by atoms with Crippen LogP contribution in [0, 0.1) is 0 Å². The molecule has 0 bridgehead atoms. The van der Waals surface area contributed by atoms with Crippen molar-refractivity contribution >= 4 is 11.6 Å². The Morgan fingerprint density at radius 2 is 1.83 bits per heavy atom. The third-order valence-electron chi connectivity index (χ3n) is 3.04. The highest BCUT2D eigenvalue weighted by Crippen LogP contribution is 2.12. The van der Waals surface area contributed by atoms with Gasteiger partial charge in [-0.1, -0.05) is 30.3 Å². The molecule has 1 amide bonds. The number of carbonyl (C=O) groups is 1. The summed E-state index contributed by atoms with van der Waals surface area (Å²) in [6.07, 6.45) is 4.51. The third-order valence-corrected chi connectivity index (χ3v) is 3.04. The fraction of sp³-hybridized carbons (Fsp3) is 0.0588. The first-order valence-electron chi connectivity index (χ1n) is 7.01. The molecule has 0 fully saturated rings. The van der Waals surface area contributed by atoms with Crippen LogP contribution < -0.4 is 10.1 Å². The molecule has 1 N–H and O–H groups in total. The van der Waals surface area contributed by atoms with Gasteiger partial charge in [0.1, 0.15) is 18.6 Å². The zero-order valence-corrected chi connectivity index (χ0v) is 12.2. The second-order valence-electron chi connectivity index (χ2n) is 4.71. The summed E-state index contributed by atoms with van der Waals surface area (Å²) in [6.45, 7) is 0.378. The van der Waals surface area contributed by atoms with Gasteiger partial charge < -0.3 is 10.1 Å². The molecule has 0 unspecified atom stereocenters. The monoisotopic (exact) mass is 306 g/mol. The molecule has 23 heavy (non-hydrogen) atoms. The van der Waals surface area contributed by atoms with Crippen LogP contribution in [0.15, 0.2) is 67.3 Å². The van der Waals surface area contributed by atoms with Gasteiger partial charge in [0, 0.05) is 24.1 Å². The smallest absolute Gasteiger partial charge is 0.274 e. The highest BCUT2D eigenvalue weighted by molar-refractivity contribution is 6.02. The number of rotatable bonds is 5. The number of carbonyl (C=O) groups excluding carboxylic acids is 1. The maximum absolute atomic E-state index is 12.2. The predicted octanol–water partition coefficient (Wildman–Crippen LogP) is 2.70. The first kappa shape index (κ1) is 14.6. The maximum atomic E-state index is 12.2. The summed E-state index contributed by atoms with van der Waals surface area (Å²) in [5, 5.41) is 2.73. The summed E-state index contributed by atoms with van der Waals surface area (Å²) >= 11 is 0. The Kier molecular flexibility index (Phi) is 4.54. The van der Waals surface area contributed by atoms with Crippen LogP contribution in [-0.4, -0.2) is 20.9 Å². The molecule has 6 heteroatoms. The summed E-state index contributed by atoms with van der Waals surface area (Å²) < 4.78 is 5.59. The van der Waals surface area contributed by atoms with Crippen LogP contribution >= 0.6 is 0 Å². The highest BCUT2D eigenvalue weighted by atomic mass is 16.5. The van der Waals surface area contributed by atoms with E-state index in [2.05, 4.69) is 20.3 Å². The Bertz CT molecular complexity index is 779. The Hall–Kier alpha value is -3.28. The number of aromatic nitrogens is 3. The molecule has 0 aliphatic rings. The molecule has 1 aromatic carbocycles. The molecule has 0 saturated heterocycles. The standard InChI is InChI=1S/C17H14N4O2/c22-17(21-14-6-8-18-9-7-14)15-10-16(20-12-19-15)23-11-13-4-2-1-3-5-13/h1-10,12H,11H2,(H,18,21,22). The minimum atomic E-state index is -0.330. The summed E-state index contributed by atoms with van der Waals surface area (Å²) in [5.41, 5.74) is 1.91. The molecule has 3 rings (SSSR count). The van der Waals surface area contributed by atoms with E-state index in [1.54, 1.807) is 24.5 Å². The fourth-order valence-electron chi connectivity index (χ4n) is 1.90. The lowest BCUT2D eigenvalue weighted by molar-refractivity contribution is 0.102. The minimum absolute atomic E-state index is 0.236. The topological polar surface area (TPSA) is 77.0 Å². The molecule has 2 heterocycles. The van der Waals surface area contributed by atoms with Crippen molar-refractivity contribution in [3.63, 3.8) is 0 Å². The van der Waals surface area contributed by atoms with Gasteiger partial charge >= 0.3 is 0 Å². The summed E-state index contributed by atoms with van der Waals surface area (Å²) in [6, 6.07) is 14.6. The van der Waals surface area contributed by atoms with E-state index in [1.807, 2.05) is 30.3 Å². The molecule has 3 aromatic rings. The van der Waals surface area contributed by atoms with Crippen molar-refractivity contribution < 1.29 is 9.53 Å². The van der Waals surface area contributed by atoms with Crippen molar-refractivity contribution in [3.05, 3.63) is 78.5 Å². The van der Waals surface area contributed by atoms with Crippen molar-refractivity contribution in [2.45, 2.75) is 6.61 Å². The quantitative estimate of drug-likeness (QED) is 0.784. The molecule has 2 aromatic heterocycles. The third kappa shape index (κ3) is 4.10. The summed E-state index contributed by atoms with van der Waals surface area (Å²) in [4.78, 5) is 24.1. The number of nitrogens with zero attached hydrogens (tertiary/aromatic N) is 3. The Labute approximate surface area is 133 Å². The van der Waals surface area contributed by atoms with Gasteiger partial charge in [-0.25, -0.2) is 9.97 Å². The summed E-state index contributed by atoms with van der Waals surface area (Å²) in [7, 11) is 0. The zero-order chi connectivity index (χ0) is 15.9. The highest BCUT2D eigenvalue weighted by Gasteiger charge is 2.09. The van der Waals surface area contributed by atoms with E-state index in [0.29, 0.717) is 18.2 Å². The largest absolute Gasteiger partial charge is 0.473 e. The number of amides is 1. The molecule has 0 atom stereocenters. The number of hydrogen-bond acceptors (Lipinski definition) is 5. The van der Waals surface area contributed by atoms with E-state index in [1.165, 1.54) is 12.4 Å². The average Bonchev–Trinajstić information content (AvgIpc) is 2.62. The summed E-state index contributed by atoms with van der Waals surface area (Å²) in [5.74, 6) is 0.0203. The average molecular weight is 306 g/mol. The lowest BCUT2D eigenvalue weighted by Gasteiger charge is -2.07. The van der Waals surface area contributed by atoms with Gasteiger partial charge in [-0.3, -0.25) is 9.78 Å². The number of hydrogen-bond donors (Lipinski definition) is 1. The van der Waals surface area contributed by atoms with Gasteiger partial charge in [0.15, 0.2) is 0 Å². The van der Waals surface area contributed by atoms with Crippen molar-refractivity contribution in [1.82, 2.24) is 15.0 Å².